The number of unbranched alkanes of at least 4 members (excludes halogenated alkanes) is 26. The number of hydrogen-bond donors (Lipinski definition) is 3. The van der Waals surface area contributed by atoms with E-state index < -0.39 is 97.5 Å². The molecule has 0 aliphatic carbocycles. The van der Waals surface area contributed by atoms with E-state index in [0.29, 0.717) is 31.6 Å². The van der Waals surface area contributed by atoms with Crippen molar-refractivity contribution in [3.63, 3.8) is 0 Å². The van der Waals surface area contributed by atoms with E-state index in [1.165, 1.54) is 109 Å². The van der Waals surface area contributed by atoms with E-state index >= 15 is 0 Å². The first kappa shape index (κ1) is 82.1. The van der Waals surface area contributed by atoms with Gasteiger partial charge in [-0.05, 0) is 49.4 Å². The van der Waals surface area contributed by atoms with Gasteiger partial charge in [-0.2, -0.15) is 0 Å². The molecule has 0 aromatic rings. The minimum Gasteiger partial charge on any atom is -0.462 e. The van der Waals surface area contributed by atoms with Crippen LogP contribution in [0.3, 0.4) is 0 Å². The van der Waals surface area contributed by atoms with Gasteiger partial charge in [0.2, 0.25) is 0 Å². The fourth-order valence-corrected chi connectivity index (χ4v) is 11.1. The Labute approximate surface area is 511 Å². The van der Waals surface area contributed by atoms with Gasteiger partial charge in [0.25, 0.3) is 0 Å². The zero-order valence-corrected chi connectivity index (χ0v) is 56.3. The number of phosphoric ester groups is 2. The van der Waals surface area contributed by atoms with E-state index in [4.69, 9.17) is 37.0 Å². The zero-order chi connectivity index (χ0) is 62.5. The highest BCUT2D eigenvalue weighted by Gasteiger charge is 2.30. The standard InChI is InChI=1S/C65H126O17P2/c1-9-57(7)43-35-27-18-13-11-12-14-19-29-37-45-62(67)75-51-61(82-65(70)48-40-32-23-21-26-34-42-56(5)6)54-80-84(73,74)78-50-59(66)49-77-83(71,72)79-53-60(52-76-63(68)46-38-30-24-22-28-36-44-58(8)10-2)81-64(69)47-39-31-20-16-15-17-25-33-41-55(3)4/h55-61,66H,9-54H2,1-8H3,(H,71,72)(H,73,74)/t57?,58?,59-,60+,61+/m0/s1. The lowest BCUT2D eigenvalue weighted by atomic mass is 9.99. The van der Waals surface area contributed by atoms with Crippen LogP contribution in [0.25, 0.3) is 0 Å². The lowest BCUT2D eigenvalue weighted by Crippen LogP contribution is -2.30. The van der Waals surface area contributed by atoms with Crippen LogP contribution in [0, 0.1) is 23.7 Å². The van der Waals surface area contributed by atoms with Crippen molar-refractivity contribution in [2.24, 2.45) is 23.7 Å². The third-order valence-electron chi connectivity index (χ3n) is 15.5. The van der Waals surface area contributed by atoms with Crippen LogP contribution in [0.1, 0.15) is 312 Å². The lowest BCUT2D eigenvalue weighted by Gasteiger charge is -2.21. The molecule has 0 aromatic heterocycles. The molecule has 4 unspecified atom stereocenters. The van der Waals surface area contributed by atoms with E-state index in [1.807, 2.05) is 0 Å². The number of aliphatic hydroxyl groups is 1. The van der Waals surface area contributed by atoms with Crippen LogP contribution in [0.15, 0.2) is 0 Å². The summed E-state index contributed by atoms with van der Waals surface area (Å²) in [5.41, 5.74) is 0. The van der Waals surface area contributed by atoms with Gasteiger partial charge in [0.05, 0.1) is 26.4 Å². The van der Waals surface area contributed by atoms with Crippen LogP contribution in [0.4, 0.5) is 0 Å². The van der Waals surface area contributed by atoms with Crippen molar-refractivity contribution in [2.45, 2.75) is 331 Å². The summed E-state index contributed by atoms with van der Waals surface area (Å²) in [6.45, 7) is 14.0. The van der Waals surface area contributed by atoms with Gasteiger partial charge >= 0.3 is 39.5 Å². The summed E-state index contributed by atoms with van der Waals surface area (Å²) in [4.78, 5) is 72.2. The summed E-state index contributed by atoms with van der Waals surface area (Å²) in [6.07, 6.45) is 35.0. The molecule has 498 valence electrons. The minimum absolute atomic E-state index is 0.101. The largest absolute Gasteiger partial charge is 0.472 e. The summed E-state index contributed by atoms with van der Waals surface area (Å²) >= 11 is 0. The predicted octanol–water partition coefficient (Wildman–Crippen LogP) is 17.8. The van der Waals surface area contributed by atoms with Crippen molar-refractivity contribution in [3.05, 3.63) is 0 Å². The van der Waals surface area contributed by atoms with Gasteiger partial charge in [-0.15, -0.1) is 0 Å². The molecule has 19 heteroatoms. The molecular formula is C65H126O17P2. The number of aliphatic hydroxyl groups excluding tert-OH is 1. The first-order valence-electron chi connectivity index (χ1n) is 33.8. The Kier molecular flexibility index (Phi) is 53.9. The SMILES string of the molecule is CCC(C)CCCCCCCCCCCCC(=O)OC[C@H](COP(=O)(O)OC[C@@H](O)COP(=O)(O)OC[C@@H](COC(=O)CCCCCCCCC(C)CC)OC(=O)CCCCCCCCCCC(C)C)OC(=O)CCCCCCCCC(C)C. The quantitative estimate of drug-likeness (QED) is 0.0222. The molecule has 0 aliphatic rings. The second-order valence-corrected chi connectivity index (χ2v) is 27.8. The molecule has 17 nitrogen and oxygen atoms in total. The molecule has 0 saturated heterocycles. The third kappa shape index (κ3) is 56.6. The number of phosphoric acid groups is 2. The minimum atomic E-state index is -4.95. The van der Waals surface area contributed by atoms with E-state index in [2.05, 4.69) is 55.4 Å². The van der Waals surface area contributed by atoms with Gasteiger partial charge in [-0.1, -0.05) is 261 Å². The Morgan fingerprint density at radius 3 is 0.845 bits per heavy atom. The number of rotatable bonds is 62. The van der Waals surface area contributed by atoms with E-state index in [1.54, 1.807) is 0 Å². The van der Waals surface area contributed by atoms with Gasteiger partial charge in [-0.3, -0.25) is 37.3 Å². The smallest absolute Gasteiger partial charge is 0.462 e. The first-order valence-corrected chi connectivity index (χ1v) is 36.8. The molecule has 0 aliphatic heterocycles. The fraction of sp³-hybridized carbons (Fsp3) is 0.938. The van der Waals surface area contributed by atoms with Crippen LogP contribution in [-0.2, 0) is 65.4 Å². The molecule has 0 rings (SSSR count). The number of carbonyl (C=O) groups excluding carboxylic acids is 4. The van der Waals surface area contributed by atoms with Crippen LogP contribution in [-0.4, -0.2) is 96.7 Å². The molecular weight excluding hydrogens is 1110 g/mol. The molecule has 3 N–H and O–H groups in total. The Bertz CT molecular complexity index is 1680. The third-order valence-corrected chi connectivity index (χ3v) is 17.4. The van der Waals surface area contributed by atoms with Crippen LogP contribution in [0.5, 0.6) is 0 Å². The van der Waals surface area contributed by atoms with Crippen molar-refractivity contribution in [1.82, 2.24) is 0 Å². The van der Waals surface area contributed by atoms with E-state index in [0.717, 1.165) is 114 Å². The maximum absolute atomic E-state index is 13.0. The Morgan fingerprint density at radius 1 is 0.333 bits per heavy atom. The zero-order valence-electron chi connectivity index (χ0n) is 54.5. The summed E-state index contributed by atoms with van der Waals surface area (Å²) in [5.74, 6) is 0.785. The molecule has 0 spiro atoms. The van der Waals surface area contributed by atoms with Crippen LogP contribution >= 0.6 is 15.6 Å². The summed E-state index contributed by atoms with van der Waals surface area (Å²) in [6, 6.07) is 0. The van der Waals surface area contributed by atoms with Gasteiger partial charge in [0, 0.05) is 25.7 Å². The van der Waals surface area contributed by atoms with Crippen molar-refractivity contribution in [2.75, 3.05) is 39.6 Å². The molecule has 0 radical (unpaired) electrons. The molecule has 0 heterocycles. The highest BCUT2D eigenvalue weighted by Crippen LogP contribution is 2.45. The number of hydrogen-bond acceptors (Lipinski definition) is 15. The maximum atomic E-state index is 13.0. The predicted molar refractivity (Wildman–Crippen MR) is 335 cm³/mol. The van der Waals surface area contributed by atoms with Gasteiger partial charge in [0.1, 0.15) is 19.3 Å². The Balaban J connectivity index is 5.23. The highest BCUT2D eigenvalue weighted by atomic mass is 31.2. The lowest BCUT2D eigenvalue weighted by molar-refractivity contribution is -0.161. The van der Waals surface area contributed by atoms with E-state index in [-0.39, 0.29) is 25.7 Å². The Morgan fingerprint density at radius 2 is 0.571 bits per heavy atom. The molecule has 7 atom stereocenters. The normalized spacial score (nSPS) is 15.1. The monoisotopic (exact) mass is 1240 g/mol. The van der Waals surface area contributed by atoms with Crippen LogP contribution in [0.2, 0.25) is 0 Å². The van der Waals surface area contributed by atoms with Crippen molar-refractivity contribution < 1.29 is 80.2 Å². The van der Waals surface area contributed by atoms with Crippen molar-refractivity contribution in [3.8, 4) is 0 Å². The maximum Gasteiger partial charge on any atom is 0.472 e. The number of carbonyl (C=O) groups is 4. The first-order chi connectivity index (χ1) is 40.2. The topological polar surface area (TPSA) is 237 Å². The summed E-state index contributed by atoms with van der Waals surface area (Å²) in [5, 5.41) is 10.5. The molecule has 0 aromatic carbocycles. The molecule has 0 saturated carbocycles. The second-order valence-electron chi connectivity index (χ2n) is 24.9. The molecule has 84 heavy (non-hydrogen) atoms. The average Bonchev–Trinajstić information content (AvgIpc) is 3.47. The van der Waals surface area contributed by atoms with E-state index in [9.17, 15) is 43.2 Å². The highest BCUT2D eigenvalue weighted by molar-refractivity contribution is 7.47. The average molecular weight is 1240 g/mol. The van der Waals surface area contributed by atoms with Crippen molar-refractivity contribution >= 4 is 39.5 Å². The molecule has 0 amide bonds. The van der Waals surface area contributed by atoms with Gasteiger partial charge < -0.3 is 33.8 Å². The summed E-state index contributed by atoms with van der Waals surface area (Å²) < 4.78 is 68.0. The molecule has 0 fully saturated rings. The number of ether oxygens (including phenoxy) is 4. The Hall–Kier alpha value is -1.94. The second kappa shape index (κ2) is 55.2. The fourth-order valence-electron chi connectivity index (χ4n) is 9.54. The summed E-state index contributed by atoms with van der Waals surface area (Å²) in [7, 11) is -9.89. The van der Waals surface area contributed by atoms with Gasteiger partial charge in [0.15, 0.2) is 12.2 Å². The molecule has 0 bridgehead atoms. The van der Waals surface area contributed by atoms with Crippen molar-refractivity contribution in [1.29, 1.82) is 0 Å². The van der Waals surface area contributed by atoms with Gasteiger partial charge in [-0.25, -0.2) is 9.13 Å². The number of esters is 4. The van der Waals surface area contributed by atoms with Crippen LogP contribution < -0.4 is 0 Å².